The van der Waals surface area contributed by atoms with Gasteiger partial charge in [-0.1, -0.05) is 17.7 Å². The summed E-state index contributed by atoms with van der Waals surface area (Å²) in [6.45, 7) is 3.38. The summed E-state index contributed by atoms with van der Waals surface area (Å²) in [4.78, 5) is 25.2. The molecular weight excluding hydrogens is 693 g/mol. The molecule has 1 amide bonds. The van der Waals surface area contributed by atoms with Crippen molar-refractivity contribution < 1.29 is 32.5 Å². The summed E-state index contributed by atoms with van der Waals surface area (Å²) in [5, 5.41) is 21.8. The van der Waals surface area contributed by atoms with Crippen LogP contribution in [0.1, 0.15) is 50.5 Å². The number of aromatic nitrogens is 2. The lowest BCUT2D eigenvalue weighted by Crippen LogP contribution is -2.51. The minimum Gasteiger partial charge on any atom is -0.465 e. The van der Waals surface area contributed by atoms with Crippen LogP contribution in [0.25, 0.3) is 32.1 Å². The van der Waals surface area contributed by atoms with Gasteiger partial charge in [-0.15, -0.1) is 11.3 Å². The van der Waals surface area contributed by atoms with Gasteiger partial charge in [0.05, 0.1) is 39.4 Å². The third-order valence-electron chi connectivity index (χ3n) is 10.6. The molecule has 2 N–H and O–H groups in total. The maximum absolute atomic E-state index is 17.2. The number of anilines is 2. The molecule has 2 unspecified atom stereocenters. The van der Waals surface area contributed by atoms with Gasteiger partial charge >= 0.3 is 12.1 Å². The minimum atomic E-state index is -1.43. The molecule has 10 nitrogen and oxygen atoms in total. The first kappa shape index (κ1) is 33.0. The second kappa shape index (κ2) is 12.6. The van der Waals surface area contributed by atoms with Crippen LogP contribution in [0.5, 0.6) is 6.01 Å². The van der Waals surface area contributed by atoms with Crippen molar-refractivity contribution in [1.82, 2.24) is 14.9 Å². The van der Waals surface area contributed by atoms with E-state index in [1.807, 2.05) is 6.07 Å². The summed E-state index contributed by atoms with van der Waals surface area (Å²) >= 11 is 7.62. The number of nitriles is 1. The molecular formula is C35H32ClF3N6O4S. The van der Waals surface area contributed by atoms with E-state index in [4.69, 9.17) is 26.1 Å². The Morgan fingerprint density at radius 2 is 2.06 bits per heavy atom. The fourth-order valence-corrected chi connectivity index (χ4v) is 9.55. The molecule has 0 aliphatic carbocycles. The molecule has 0 saturated carbocycles. The van der Waals surface area contributed by atoms with Crippen molar-refractivity contribution in [2.45, 2.75) is 56.1 Å². The SMILES string of the molecule is N#Cc1c(NC(=O)O)sc2c(F)ccc(-c3c(Cl)cc4c(N5CCCCC6(CCO6)C5)nc(OCC56CCCN5C/C(=C\F)C6)nc4c3F)c12. The first-order chi connectivity index (χ1) is 24.1. The van der Waals surface area contributed by atoms with Crippen LogP contribution >= 0.6 is 22.9 Å². The topological polar surface area (TPSA) is 124 Å². The monoisotopic (exact) mass is 724 g/mol. The smallest absolute Gasteiger partial charge is 0.409 e. The maximum atomic E-state index is 17.2. The Morgan fingerprint density at radius 3 is 2.80 bits per heavy atom. The van der Waals surface area contributed by atoms with Crippen LogP contribution in [-0.4, -0.2) is 76.6 Å². The van der Waals surface area contributed by atoms with Crippen molar-refractivity contribution in [3.8, 4) is 23.2 Å². The first-order valence-corrected chi connectivity index (χ1v) is 17.7. The number of hydrogen-bond donors (Lipinski definition) is 2. The molecule has 8 rings (SSSR count). The number of nitrogens with zero attached hydrogens (tertiary/aromatic N) is 5. The number of halogens is 4. The number of rotatable bonds is 6. The third kappa shape index (κ3) is 5.42. The molecule has 4 aliphatic rings. The zero-order valence-electron chi connectivity index (χ0n) is 26.8. The summed E-state index contributed by atoms with van der Waals surface area (Å²) in [7, 11) is 0. The molecule has 4 fully saturated rings. The Balaban J connectivity index is 1.29. The highest BCUT2D eigenvalue weighted by molar-refractivity contribution is 7.23. The first-order valence-electron chi connectivity index (χ1n) is 16.5. The number of carbonyl (C=O) groups is 1. The lowest BCUT2D eigenvalue weighted by atomic mass is 9.89. The standard InChI is InChI=1S/C35H32ClF3N6O4S/c36-23-12-21-28(27(39)26(23)20-4-5-24(38)29-25(20)22(15-40)31(50-29)43-33(46)47)41-32(48-18-34-6-3-10-45(34)16-19(13-34)14-37)42-30(21)44-9-2-1-7-35(17-44)8-11-49-35/h4-5,12,14,43H,1-3,6-11,13,16-18H2,(H,46,47)/b19-14-. The number of benzene rings is 2. The van der Waals surface area contributed by atoms with E-state index in [0.29, 0.717) is 55.8 Å². The molecule has 4 aliphatic heterocycles. The molecule has 4 aromatic rings. The van der Waals surface area contributed by atoms with Gasteiger partial charge in [-0.3, -0.25) is 10.2 Å². The van der Waals surface area contributed by atoms with Crippen LogP contribution in [0, 0.1) is 23.0 Å². The van der Waals surface area contributed by atoms with Crippen LogP contribution in [0.2, 0.25) is 5.02 Å². The van der Waals surface area contributed by atoms with Gasteiger partial charge < -0.3 is 19.5 Å². The summed E-state index contributed by atoms with van der Waals surface area (Å²) in [5.41, 5.74) is -0.296. The van der Waals surface area contributed by atoms with Crippen molar-refractivity contribution in [1.29, 1.82) is 5.26 Å². The van der Waals surface area contributed by atoms with Gasteiger partial charge in [0, 0.05) is 42.4 Å². The molecule has 1 spiro atoms. The molecule has 50 heavy (non-hydrogen) atoms. The van der Waals surface area contributed by atoms with Crippen molar-refractivity contribution in [2.75, 3.05) is 49.6 Å². The van der Waals surface area contributed by atoms with Gasteiger partial charge in [-0.05, 0) is 68.3 Å². The Labute approximate surface area is 294 Å². The molecule has 260 valence electrons. The van der Waals surface area contributed by atoms with Gasteiger partial charge in [0.15, 0.2) is 5.82 Å². The third-order valence-corrected chi connectivity index (χ3v) is 12.0. The molecule has 15 heteroatoms. The second-order valence-electron chi connectivity index (χ2n) is 13.6. The predicted molar refractivity (Wildman–Crippen MR) is 184 cm³/mol. The van der Waals surface area contributed by atoms with Crippen molar-refractivity contribution >= 4 is 60.8 Å². The van der Waals surface area contributed by atoms with E-state index in [2.05, 4.69) is 20.1 Å². The molecule has 0 bridgehead atoms. The minimum absolute atomic E-state index is 0.0225. The van der Waals surface area contributed by atoms with E-state index in [-0.39, 0.29) is 60.5 Å². The molecule has 2 atom stereocenters. The summed E-state index contributed by atoms with van der Waals surface area (Å²) in [6.07, 6.45) is 5.15. The fourth-order valence-electron chi connectivity index (χ4n) is 8.18. The fraction of sp³-hybridized carbons (Fsp3) is 0.429. The van der Waals surface area contributed by atoms with Crippen molar-refractivity contribution in [3.05, 3.63) is 52.3 Å². The van der Waals surface area contributed by atoms with Crippen LogP contribution in [-0.2, 0) is 4.74 Å². The Hall–Kier alpha value is -4.16. The van der Waals surface area contributed by atoms with E-state index in [0.717, 1.165) is 62.5 Å². The van der Waals surface area contributed by atoms with Crippen molar-refractivity contribution in [2.24, 2.45) is 0 Å². The van der Waals surface area contributed by atoms with Crippen LogP contribution in [0.15, 0.2) is 30.1 Å². The van der Waals surface area contributed by atoms with E-state index >= 15 is 8.78 Å². The lowest BCUT2D eigenvalue weighted by molar-refractivity contribution is -0.143. The Bertz CT molecular complexity index is 2140. The molecule has 0 radical (unpaired) electrons. The number of hydrogen-bond acceptors (Lipinski definition) is 9. The zero-order chi connectivity index (χ0) is 34.8. The highest BCUT2D eigenvalue weighted by atomic mass is 35.5. The molecule has 4 saturated heterocycles. The normalized spacial score (nSPS) is 24.5. The number of carboxylic acid groups (broad SMARTS) is 1. The van der Waals surface area contributed by atoms with E-state index in [1.165, 1.54) is 6.07 Å². The quantitative estimate of drug-likeness (QED) is 0.203. The van der Waals surface area contributed by atoms with Crippen LogP contribution in [0.4, 0.5) is 28.8 Å². The zero-order valence-corrected chi connectivity index (χ0v) is 28.4. The summed E-state index contributed by atoms with van der Waals surface area (Å²) in [5.74, 6) is -1.09. The van der Waals surface area contributed by atoms with Gasteiger partial charge in [0.2, 0.25) is 0 Å². The van der Waals surface area contributed by atoms with Gasteiger partial charge in [0.25, 0.3) is 0 Å². The number of amides is 1. The van der Waals surface area contributed by atoms with E-state index in [9.17, 15) is 19.6 Å². The van der Waals surface area contributed by atoms with Gasteiger partial charge in [-0.25, -0.2) is 18.0 Å². The maximum Gasteiger partial charge on any atom is 0.409 e. The highest BCUT2D eigenvalue weighted by Crippen LogP contribution is 2.47. The van der Waals surface area contributed by atoms with Crippen molar-refractivity contribution in [3.63, 3.8) is 0 Å². The van der Waals surface area contributed by atoms with Crippen LogP contribution in [0.3, 0.4) is 0 Å². The molecule has 2 aromatic carbocycles. The van der Waals surface area contributed by atoms with Gasteiger partial charge in [0.1, 0.15) is 34.8 Å². The highest BCUT2D eigenvalue weighted by Gasteiger charge is 2.47. The summed E-state index contributed by atoms with van der Waals surface area (Å²) in [6, 6.07) is 5.93. The van der Waals surface area contributed by atoms with E-state index < -0.39 is 23.3 Å². The number of nitrogens with one attached hydrogen (secondary N) is 1. The Morgan fingerprint density at radius 1 is 1.22 bits per heavy atom. The van der Waals surface area contributed by atoms with Gasteiger partial charge in [-0.2, -0.15) is 15.2 Å². The average molecular weight is 725 g/mol. The lowest BCUT2D eigenvalue weighted by Gasteiger charge is -2.44. The number of thiophene rings is 1. The average Bonchev–Trinajstić information content (AvgIpc) is 3.68. The van der Waals surface area contributed by atoms with E-state index in [1.54, 1.807) is 6.07 Å². The molecule has 6 heterocycles. The van der Waals surface area contributed by atoms with Crippen LogP contribution < -0.4 is 15.0 Å². The second-order valence-corrected chi connectivity index (χ2v) is 15.0. The number of fused-ring (bicyclic) bond motifs is 3. The summed E-state index contributed by atoms with van der Waals surface area (Å²) < 4.78 is 58.3. The number of ether oxygens (including phenoxy) is 2. The Kier molecular flexibility index (Phi) is 8.29. The largest absolute Gasteiger partial charge is 0.465 e. The predicted octanol–water partition coefficient (Wildman–Crippen LogP) is 8.02. The molecule has 2 aromatic heterocycles.